The highest BCUT2D eigenvalue weighted by Gasteiger charge is 2.51. The zero-order valence-electron chi connectivity index (χ0n) is 20.1. The lowest BCUT2D eigenvalue weighted by Crippen LogP contribution is -2.63. The van der Waals surface area contributed by atoms with Gasteiger partial charge in [-0.15, -0.1) is 11.3 Å². The van der Waals surface area contributed by atoms with Crippen LogP contribution in [0.3, 0.4) is 0 Å². The molecular formula is C28H30FN3O3S. The Morgan fingerprint density at radius 2 is 1.92 bits per heavy atom. The van der Waals surface area contributed by atoms with E-state index < -0.39 is 5.82 Å². The van der Waals surface area contributed by atoms with Crippen LogP contribution in [-0.2, 0) is 11.2 Å². The summed E-state index contributed by atoms with van der Waals surface area (Å²) in [6, 6.07) is 12.4. The smallest absolute Gasteiger partial charge is 0.225 e. The highest BCUT2D eigenvalue weighted by atomic mass is 32.1. The molecule has 6 nitrogen and oxygen atoms in total. The minimum absolute atomic E-state index is 0.0390. The fourth-order valence-electron chi connectivity index (χ4n) is 6.75. The third-order valence-electron chi connectivity index (χ3n) is 8.36. The molecular weight excluding hydrogens is 477 g/mol. The maximum absolute atomic E-state index is 14.8. The van der Waals surface area contributed by atoms with Crippen molar-refractivity contribution < 1.29 is 18.7 Å². The van der Waals surface area contributed by atoms with Gasteiger partial charge in [0.05, 0.1) is 5.92 Å². The third kappa shape index (κ3) is 3.82. The minimum atomic E-state index is -0.393. The van der Waals surface area contributed by atoms with Crippen LogP contribution in [0.5, 0.6) is 11.5 Å². The molecule has 1 amide bonds. The van der Waals surface area contributed by atoms with E-state index in [1.165, 1.54) is 28.6 Å². The van der Waals surface area contributed by atoms with Gasteiger partial charge in [0.15, 0.2) is 17.3 Å². The first-order valence-corrected chi connectivity index (χ1v) is 13.9. The molecule has 4 atom stereocenters. The number of amides is 1. The number of benzene rings is 2. The molecule has 4 unspecified atom stereocenters. The van der Waals surface area contributed by atoms with Gasteiger partial charge in [0.2, 0.25) is 5.91 Å². The molecule has 4 aliphatic rings. The maximum atomic E-state index is 14.8. The van der Waals surface area contributed by atoms with E-state index in [-0.39, 0.29) is 35.6 Å². The molecule has 3 aromatic rings. The summed E-state index contributed by atoms with van der Waals surface area (Å²) in [4.78, 5) is 18.4. The van der Waals surface area contributed by atoms with Gasteiger partial charge in [0.25, 0.3) is 0 Å². The number of anilines is 1. The maximum Gasteiger partial charge on any atom is 0.225 e. The number of likely N-dealkylation sites (tertiary alicyclic amines) is 1. The number of carbonyl (C=O) groups excluding carboxylic acids is 1. The van der Waals surface area contributed by atoms with Gasteiger partial charge in [0.1, 0.15) is 13.2 Å². The van der Waals surface area contributed by atoms with Crippen molar-refractivity contribution in [2.75, 3.05) is 44.3 Å². The molecule has 8 heteroatoms. The Bertz CT molecular complexity index is 1310. The number of nitrogens with zero attached hydrogens (tertiary/aromatic N) is 2. The summed E-state index contributed by atoms with van der Waals surface area (Å²) in [5.41, 5.74) is 2.03. The molecule has 1 aromatic heterocycles. The van der Waals surface area contributed by atoms with Gasteiger partial charge in [-0.05, 0) is 79.0 Å². The standard InChI is InChI=1S/C28H30FN3O3S/c29-22-11-17(13-24-27(22)35-9-8-34-24)12-23-26(31-6-1-2-7-31)20-15-32(16-21(20)28(33)30-23)19-4-3-18-5-10-36-25(18)14-19/h3-5,10-11,13-14,20-21,23,26H,1-2,6-9,12,15-16H2,(H,30,33). The zero-order valence-corrected chi connectivity index (χ0v) is 20.9. The van der Waals surface area contributed by atoms with Crippen molar-refractivity contribution in [2.24, 2.45) is 11.8 Å². The summed E-state index contributed by atoms with van der Waals surface area (Å²) in [6.07, 6.45) is 2.95. The number of piperidine rings is 1. The van der Waals surface area contributed by atoms with Crippen LogP contribution in [0.2, 0.25) is 0 Å². The van der Waals surface area contributed by atoms with E-state index in [2.05, 4.69) is 44.8 Å². The molecule has 36 heavy (non-hydrogen) atoms. The molecule has 3 saturated heterocycles. The number of carbonyl (C=O) groups is 1. The van der Waals surface area contributed by atoms with Gasteiger partial charge in [0, 0.05) is 41.5 Å². The largest absolute Gasteiger partial charge is 0.486 e. The van der Waals surface area contributed by atoms with Gasteiger partial charge in [-0.1, -0.05) is 6.07 Å². The summed E-state index contributed by atoms with van der Waals surface area (Å²) in [5.74, 6) is 0.591. The molecule has 1 N–H and O–H groups in total. The van der Waals surface area contributed by atoms with E-state index >= 15 is 0 Å². The Morgan fingerprint density at radius 1 is 1.06 bits per heavy atom. The lowest BCUT2D eigenvalue weighted by Gasteiger charge is -2.44. The van der Waals surface area contributed by atoms with Crippen molar-refractivity contribution in [3.63, 3.8) is 0 Å². The van der Waals surface area contributed by atoms with Crippen molar-refractivity contribution in [3.8, 4) is 11.5 Å². The van der Waals surface area contributed by atoms with Gasteiger partial charge < -0.3 is 19.7 Å². The van der Waals surface area contributed by atoms with E-state index in [1.54, 1.807) is 17.4 Å². The molecule has 7 rings (SSSR count). The minimum Gasteiger partial charge on any atom is -0.486 e. The second-order valence-electron chi connectivity index (χ2n) is 10.5. The first-order valence-electron chi connectivity index (χ1n) is 13.0. The number of thiophene rings is 1. The molecule has 4 aliphatic heterocycles. The molecule has 0 aliphatic carbocycles. The highest BCUT2D eigenvalue weighted by molar-refractivity contribution is 7.17. The van der Waals surface area contributed by atoms with E-state index in [4.69, 9.17) is 9.47 Å². The normalized spacial score (nSPS) is 27.9. The molecule has 0 radical (unpaired) electrons. The second kappa shape index (κ2) is 8.92. The summed E-state index contributed by atoms with van der Waals surface area (Å²) >= 11 is 1.76. The number of rotatable bonds is 4. The number of ether oxygens (including phenoxy) is 2. The number of hydrogen-bond donors (Lipinski definition) is 1. The van der Waals surface area contributed by atoms with Crippen LogP contribution in [0.4, 0.5) is 10.1 Å². The molecule has 3 fully saturated rings. The van der Waals surface area contributed by atoms with Crippen LogP contribution in [0.1, 0.15) is 18.4 Å². The van der Waals surface area contributed by atoms with Crippen molar-refractivity contribution in [1.82, 2.24) is 10.2 Å². The molecule has 0 saturated carbocycles. The van der Waals surface area contributed by atoms with Gasteiger partial charge >= 0.3 is 0 Å². The van der Waals surface area contributed by atoms with Crippen LogP contribution in [0, 0.1) is 17.7 Å². The summed E-state index contributed by atoms with van der Waals surface area (Å²) in [7, 11) is 0. The van der Waals surface area contributed by atoms with Gasteiger partial charge in [-0.3, -0.25) is 9.69 Å². The second-order valence-corrected chi connectivity index (χ2v) is 11.4. The van der Waals surface area contributed by atoms with Gasteiger partial charge in [-0.25, -0.2) is 4.39 Å². The van der Waals surface area contributed by atoms with Crippen LogP contribution in [0.25, 0.3) is 10.1 Å². The Balaban J connectivity index is 1.19. The predicted molar refractivity (Wildman–Crippen MR) is 139 cm³/mol. The van der Waals surface area contributed by atoms with E-state index in [0.717, 1.165) is 31.7 Å². The van der Waals surface area contributed by atoms with Crippen molar-refractivity contribution >= 4 is 33.0 Å². The summed E-state index contributed by atoms with van der Waals surface area (Å²) < 4.78 is 27.2. The quantitative estimate of drug-likeness (QED) is 0.577. The Hall–Kier alpha value is -2.84. The summed E-state index contributed by atoms with van der Waals surface area (Å²) in [5, 5.41) is 6.75. The molecule has 2 aromatic carbocycles. The van der Waals surface area contributed by atoms with Crippen LogP contribution in [-0.4, -0.2) is 62.3 Å². The van der Waals surface area contributed by atoms with E-state index in [9.17, 15) is 9.18 Å². The van der Waals surface area contributed by atoms with Crippen LogP contribution < -0.4 is 19.7 Å². The zero-order chi connectivity index (χ0) is 24.2. The monoisotopic (exact) mass is 507 g/mol. The van der Waals surface area contributed by atoms with E-state index in [1.807, 2.05) is 6.07 Å². The number of halogens is 1. The SMILES string of the molecule is O=C1NC(Cc2cc(F)c3c(c2)OCCO3)C(N2CCCC2)C2CN(c3ccc4ccsc4c3)CC12. The fraction of sp³-hybridized carbons (Fsp3) is 0.464. The topological polar surface area (TPSA) is 54.0 Å². The highest BCUT2D eigenvalue weighted by Crippen LogP contribution is 2.40. The van der Waals surface area contributed by atoms with Crippen molar-refractivity contribution in [3.05, 3.63) is 53.2 Å². The average Bonchev–Trinajstić information content (AvgIpc) is 3.65. The first kappa shape index (κ1) is 22.4. The Morgan fingerprint density at radius 3 is 2.81 bits per heavy atom. The average molecular weight is 508 g/mol. The predicted octanol–water partition coefficient (Wildman–Crippen LogP) is 4.07. The van der Waals surface area contributed by atoms with Crippen molar-refractivity contribution in [1.29, 1.82) is 0 Å². The first-order chi connectivity index (χ1) is 17.6. The Labute approximate surface area is 214 Å². The van der Waals surface area contributed by atoms with Gasteiger partial charge in [-0.2, -0.15) is 0 Å². The number of nitrogens with one attached hydrogen (secondary N) is 1. The van der Waals surface area contributed by atoms with Crippen molar-refractivity contribution in [2.45, 2.75) is 31.3 Å². The van der Waals surface area contributed by atoms with E-state index in [0.29, 0.717) is 25.4 Å². The van der Waals surface area contributed by atoms with Crippen LogP contribution >= 0.6 is 11.3 Å². The number of hydrogen-bond acceptors (Lipinski definition) is 6. The molecule has 5 heterocycles. The molecule has 0 spiro atoms. The molecule has 0 bridgehead atoms. The lowest BCUT2D eigenvalue weighted by molar-refractivity contribution is -0.131. The number of fused-ring (bicyclic) bond motifs is 3. The lowest BCUT2D eigenvalue weighted by atomic mass is 9.78. The van der Waals surface area contributed by atoms with Crippen LogP contribution in [0.15, 0.2) is 41.8 Å². The Kier molecular flexibility index (Phi) is 5.54. The fourth-order valence-corrected chi connectivity index (χ4v) is 7.57. The third-order valence-corrected chi connectivity index (χ3v) is 9.24. The molecule has 188 valence electrons. The summed E-state index contributed by atoms with van der Waals surface area (Å²) in [6.45, 7) is 4.49.